The number of nitrogens with one attached hydrogen (secondary N) is 2. The minimum Gasteiger partial charge on any atom is -0.395 e. The highest BCUT2D eigenvalue weighted by atomic mass is 32.2. The number of nitrogens with zero attached hydrogens (tertiary/aromatic N) is 1. The minimum atomic E-state index is -3.07. The first-order valence-electron chi connectivity index (χ1n) is 6.62. The van der Waals surface area contributed by atoms with E-state index in [1.807, 2.05) is 6.92 Å². The maximum Gasteiger partial charge on any atom is 0.274 e. The second kappa shape index (κ2) is 5.08. The largest absolute Gasteiger partial charge is 0.395 e. The summed E-state index contributed by atoms with van der Waals surface area (Å²) in [5, 5.41) is 9.43. The van der Waals surface area contributed by atoms with Crippen molar-refractivity contribution in [2.75, 3.05) is 17.2 Å². The topological polar surface area (TPSA) is 118 Å². The number of nitrogens with two attached hydrogens (primary N) is 1. The molecule has 1 saturated heterocycles. The van der Waals surface area contributed by atoms with Gasteiger partial charge in [-0.2, -0.15) is 5.10 Å². The Morgan fingerprint density at radius 1 is 1.55 bits per heavy atom. The third kappa shape index (κ3) is 2.95. The van der Waals surface area contributed by atoms with Gasteiger partial charge in [0.1, 0.15) is 0 Å². The van der Waals surface area contributed by atoms with Gasteiger partial charge in [-0.05, 0) is 19.8 Å². The highest BCUT2D eigenvalue weighted by molar-refractivity contribution is 7.91. The Hall–Kier alpha value is -1.57. The normalized spacial score (nSPS) is 24.7. The molecule has 0 spiro atoms. The second-order valence-electron chi connectivity index (χ2n) is 5.57. The summed E-state index contributed by atoms with van der Waals surface area (Å²) < 4.78 is 23.0. The molecule has 0 radical (unpaired) electrons. The third-order valence-corrected chi connectivity index (χ3v) is 5.42. The average molecular weight is 300 g/mol. The van der Waals surface area contributed by atoms with E-state index in [-0.39, 0.29) is 17.2 Å². The van der Waals surface area contributed by atoms with E-state index in [4.69, 9.17) is 5.73 Å². The van der Waals surface area contributed by atoms with E-state index in [2.05, 4.69) is 15.5 Å². The van der Waals surface area contributed by atoms with Gasteiger partial charge < -0.3 is 11.1 Å². The molecule has 2 rings (SSSR count). The number of amides is 1. The Morgan fingerprint density at radius 2 is 2.25 bits per heavy atom. The van der Waals surface area contributed by atoms with Crippen LogP contribution in [0.25, 0.3) is 0 Å². The van der Waals surface area contributed by atoms with E-state index < -0.39 is 21.3 Å². The zero-order chi connectivity index (χ0) is 15.0. The molecular weight excluding hydrogens is 280 g/mol. The fraction of sp³-hybridized carbons (Fsp3) is 0.667. The van der Waals surface area contributed by atoms with E-state index in [1.54, 1.807) is 6.92 Å². The average Bonchev–Trinajstić information content (AvgIpc) is 2.81. The highest BCUT2D eigenvalue weighted by Gasteiger charge is 2.40. The molecule has 0 aromatic carbocycles. The summed E-state index contributed by atoms with van der Waals surface area (Å²) in [7, 11) is -3.07. The van der Waals surface area contributed by atoms with Gasteiger partial charge >= 0.3 is 0 Å². The van der Waals surface area contributed by atoms with Crippen LogP contribution in [-0.4, -0.2) is 41.6 Å². The molecule has 1 unspecified atom stereocenters. The summed E-state index contributed by atoms with van der Waals surface area (Å²) >= 11 is 0. The number of H-pyrrole nitrogens is 1. The third-order valence-electron chi connectivity index (χ3n) is 3.52. The van der Waals surface area contributed by atoms with E-state index in [1.165, 1.54) is 0 Å². The lowest BCUT2D eigenvalue weighted by atomic mass is 10.0. The van der Waals surface area contributed by atoms with Crippen molar-refractivity contribution < 1.29 is 13.2 Å². The van der Waals surface area contributed by atoms with Crippen LogP contribution in [0.5, 0.6) is 0 Å². The quantitative estimate of drug-likeness (QED) is 0.736. The molecule has 4 N–H and O–H groups in total. The van der Waals surface area contributed by atoms with Crippen molar-refractivity contribution in [3.05, 3.63) is 11.4 Å². The predicted octanol–water partition coefficient (Wildman–Crippen LogP) is 0.251. The minimum absolute atomic E-state index is 0.0438. The Labute approximate surface area is 118 Å². The summed E-state index contributed by atoms with van der Waals surface area (Å²) in [6.07, 6.45) is 2.02. The molecule has 112 valence electrons. The lowest BCUT2D eigenvalue weighted by molar-refractivity contribution is 0.0911. The molecule has 1 aliphatic rings. The van der Waals surface area contributed by atoms with Crippen molar-refractivity contribution in [2.24, 2.45) is 0 Å². The number of hydrogen-bond acceptors (Lipinski definition) is 5. The van der Waals surface area contributed by atoms with Crippen LogP contribution in [0.2, 0.25) is 0 Å². The molecule has 1 aliphatic heterocycles. The number of nitrogen functional groups attached to an aromatic ring is 1. The number of sulfone groups is 1. The number of aromatic amines is 1. The van der Waals surface area contributed by atoms with Crippen LogP contribution in [-0.2, 0) is 16.3 Å². The van der Waals surface area contributed by atoms with Crippen LogP contribution in [0.1, 0.15) is 42.9 Å². The molecule has 2 heterocycles. The number of anilines is 1. The number of rotatable bonds is 4. The van der Waals surface area contributed by atoms with Crippen LogP contribution in [0, 0.1) is 0 Å². The van der Waals surface area contributed by atoms with Gasteiger partial charge in [0.2, 0.25) is 0 Å². The molecule has 7 nitrogen and oxygen atoms in total. The second-order valence-corrected chi connectivity index (χ2v) is 7.76. The van der Waals surface area contributed by atoms with Crippen LogP contribution >= 0.6 is 0 Å². The fourth-order valence-electron chi connectivity index (χ4n) is 2.44. The Bertz CT molecular complexity index is 623. The first kappa shape index (κ1) is 14.8. The maximum atomic E-state index is 12.2. The number of aryl methyl sites for hydroxylation is 1. The Morgan fingerprint density at radius 3 is 2.80 bits per heavy atom. The van der Waals surface area contributed by atoms with Gasteiger partial charge in [-0.3, -0.25) is 9.89 Å². The van der Waals surface area contributed by atoms with Gasteiger partial charge in [-0.15, -0.1) is 0 Å². The molecule has 0 saturated carbocycles. The summed E-state index contributed by atoms with van der Waals surface area (Å²) in [5.41, 5.74) is 6.36. The van der Waals surface area contributed by atoms with Crippen LogP contribution in [0.3, 0.4) is 0 Å². The molecule has 1 atom stereocenters. The van der Waals surface area contributed by atoms with Crippen LogP contribution in [0.4, 0.5) is 5.69 Å². The molecule has 20 heavy (non-hydrogen) atoms. The molecule has 1 aromatic rings. The lowest BCUT2D eigenvalue weighted by Crippen LogP contribution is -2.47. The van der Waals surface area contributed by atoms with E-state index in [9.17, 15) is 13.2 Å². The van der Waals surface area contributed by atoms with Gasteiger partial charge in [0, 0.05) is 0 Å². The van der Waals surface area contributed by atoms with E-state index in [0.717, 1.165) is 18.5 Å². The van der Waals surface area contributed by atoms with Crippen molar-refractivity contribution >= 4 is 21.4 Å². The van der Waals surface area contributed by atoms with E-state index in [0.29, 0.717) is 12.1 Å². The number of carbonyl (C=O) groups is 1. The van der Waals surface area contributed by atoms with Crippen molar-refractivity contribution in [3.63, 3.8) is 0 Å². The van der Waals surface area contributed by atoms with Gasteiger partial charge in [0.15, 0.2) is 15.5 Å². The summed E-state index contributed by atoms with van der Waals surface area (Å²) in [4.78, 5) is 12.2. The molecule has 0 bridgehead atoms. The van der Waals surface area contributed by atoms with Crippen LogP contribution in [0.15, 0.2) is 0 Å². The summed E-state index contributed by atoms with van der Waals surface area (Å²) in [6, 6.07) is 0. The van der Waals surface area contributed by atoms with Crippen molar-refractivity contribution in [2.45, 2.75) is 38.6 Å². The molecule has 0 aliphatic carbocycles. The molecule has 8 heteroatoms. The zero-order valence-electron chi connectivity index (χ0n) is 11.7. The first-order valence-corrected chi connectivity index (χ1v) is 8.44. The van der Waals surface area contributed by atoms with Gasteiger partial charge in [-0.1, -0.05) is 13.3 Å². The van der Waals surface area contributed by atoms with Gasteiger partial charge in [-0.25, -0.2) is 8.42 Å². The van der Waals surface area contributed by atoms with Gasteiger partial charge in [0.25, 0.3) is 5.91 Å². The number of carbonyl (C=O) groups excluding carboxylic acids is 1. The zero-order valence-corrected chi connectivity index (χ0v) is 12.5. The highest BCUT2D eigenvalue weighted by Crippen LogP contribution is 2.24. The molecule has 1 aromatic heterocycles. The predicted molar refractivity (Wildman–Crippen MR) is 76.1 cm³/mol. The number of aromatic nitrogens is 2. The Balaban J connectivity index is 2.13. The summed E-state index contributed by atoms with van der Waals surface area (Å²) in [5.74, 6) is -0.376. The van der Waals surface area contributed by atoms with Crippen molar-refractivity contribution in [1.29, 1.82) is 0 Å². The molecule has 1 fully saturated rings. The smallest absolute Gasteiger partial charge is 0.274 e. The Kier molecular flexibility index (Phi) is 3.77. The summed E-state index contributed by atoms with van der Waals surface area (Å²) in [6.45, 7) is 3.73. The van der Waals surface area contributed by atoms with Gasteiger partial charge in [0.05, 0.1) is 28.4 Å². The monoisotopic (exact) mass is 300 g/mol. The van der Waals surface area contributed by atoms with E-state index >= 15 is 0 Å². The molecular formula is C12H20N4O3S. The van der Waals surface area contributed by atoms with Crippen molar-refractivity contribution in [3.8, 4) is 0 Å². The lowest BCUT2D eigenvalue weighted by Gasteiger charge is -2.23. The SMILES string of the molecule is CCCc1[nH]nc(C(=O)NC2(C)CCS(=O)(=O)C2)c1N. The number of hydrogen-bond donors (Lipinski definition) is 3. The standard InChI is InChI=1S/C12H20N4O3S/c1-3-4-8-9(13)10(16-15-8)11(17)14-12(2)5-6-20(18,19)7-12/h3-7,13H2,1-2H3,(H,14,17)(H,15,16). The molecule has 1 amide bonds. The first-order chi connectivity index (χ1) is 9.26. The maximum absolute atomic E-state index is 12.2. The van der Waals surface area contributed by atoms with Crippen LogP contribution < -0.4 is 11.1 Å². The fourth-order valence-corrected chi connectivity index (χ4v) is 4.54. The van der Waals surface area contributed by atoms with Crippen molar-refractivity contribution in [1.82, 2.24) is 15.5 Å².